The van der Waals surface area contributed by atoms with Crippen molar-refractivity contribution in [3.8, 4) is 11.5 Å². The number of ether oxygens (including phenoxy) is 2. The van der Waals surface area contributed by atoms with Crippen molar-refractivity contribution in [2.24, 2.45) is 11.3 Å². The molecule has 9 heteroatoms. The number of likely N-dealkylation sites (tertiary alicyclic amines) is 1. The maximum Gasteiger partial charge on any atom is 0.243 e. The monoisotopic (exact) mass is 636 g/mol. The summed E-state index contributed by atoms with van der Waals surface area (Å²) in [4.78, 5) is 42.9. The maximum absolute atomic E-state index is 13.8. The first kappa shape index (κ1) is 32.5. The van der Waals surface area contributed by atoms with E-state index in [0.717, 1.165) is 24.2 Å². The van der Waals surface area contributed by atoms with Crippen molar-refractivity contribution in [2.75, 3.05) is 38.2 Å². The Morgan fingerprint density at radius 1 is 0.894 bits per heavy atom. The minimum absolute atomic E-state index is 0.0599. The molecule has 0 saturated carbocycles. The van der Waals surface area contributed by atoms with Gasteiger partial charge >= 0.3 is 0 Å². The van der Waals surface area contributed by atoms with Crippen molar-refractivity contribution in [1.82, 2.24) is 15.5 Å². The Morgan fingerprint density at radius 3 is 2.34 bits per heavy atom. The highest BCUT2D eigenvalue weighted by Gasteiger charge is 2.41. The van der Waals surface area contributed by atoms with E-state index in [4.69, 9.17) is 9.47 Å². The van der Waals surface area contributed by atoms with Crippen LogP contribution in [0.15, 0.2) is 97.1 Å². The number of hydrogen-bond acceptors (Lipinski definition) is 6. The molecule has 0 unspecified atom stereocenters. The van der Waals surface area contributed by atoms with Crippen molar-refractivity contribution in [1.29, 1.82) is 0 Å². The van der Waals surface area contributed by atoms with Crippen LogP contribution in [0.2, 0.25) is 0 Å². The molecule has 0 bridgehead atoms. The van der Waals surface area contributed by atoms with Crippen LogP contribution in [0, 0.1) is 11.3 Å². The van der Waals surface area contributed by atoms with Crippen LogP contribution in [0.5, 0.6) is 11.5 Å². The molecule has 0 radical (unpaired) electrons. The standard InChI is InChI=1S/C38H44N4O5/c43-35(39-30-14-16-32(17-15-30)47-31-12-5-2-6-13-31)27-42-22-18-33-29(26-42)11-7-8-19-38(20-23-46-24-21-38)37(45)41-34(36(44)40-33)25-28-9-3-1-4-10-28/h1-10,12-17,29,33-34H,11,18-27H2,(H,39,43)(H,40,44)(H,41,45)/b8-7+/t29-,33+,34-/m0/s1. The third-order valence-corrected chi connectivity index (χ3v) is 9.58. The molecule has 0 aliphatic carbocycles. The molecule has 3 aliphatic heterocycles. The summed E-state index contributed by atoms with van der Waals surface area (Å²) in [7, 11) is 0. The van der Waals surface area contributed by atoms with E-state index in [1.54, 1.807) is 0 Å². The van der Waals surface area contributed by atoms with Gasteiger partial charge in [0, 0.05) is 44.5 Å². The first-order valence-corrected chi connectivity index (χ1v) is 16.7. The number of rotatable bonds is 7. The molecule has 6 rings (SSSR count). The molecule has 9 nitrogen and oxygen atoms in total. The molecule has 2 saturated heterocycles. The van der Waals surface area contributed by atoms with Crippen molar-refractivity contribution < 1.29 is 23.9 Å². The van der Waals surface area contributed by atoms with Crippen molar-refractivity contribution in [3.63, 3.8) is 0 Å². The van der Waals surface area contributed by atoms with Gasteiger partial charge < -0.3 is 25.4 Å². The number of nitrogens with zero attached hydrogens (tertiary/aromatic N) is 1. The second-order valence-corrected chi connectivity index (χ2v) is 12.9. The van der Waals surface area contributed by atoms with Crippen molar-refractivity contribution in [3.05, 3.63) is 103 Å². The predicted octanol–water partition coefficient (Wildman–Crippen LogP) is 5.10. The van der Waals surface area contributed by atoms with Crippen LogP contribution in [-0.2, 0) is 25.5 Å². The number of carbonyl (C=O) groups is 3. The lowest BCUT2D eigenvalue weighted by Gasteiger charge is -2.40. The number of para-hydroxylation sites is 1. The molecule has 3 N–H and O–H groups in total. The Morgan fingerprint density at radius 2 is 1.60 bits per heavy atom. The van der Waals surface area contributed by atoms with Gasteiger partial charge in [0.25, 0.3) is 0 Å². The molecule has 3 aromatic rings. The van der Waals surface area contributed by atoms with Gasteiger partial charge in [0.15, 0.2) is 0 Å². The van der Waals surface area contributed by atoms with E-state index in [9.17, 15) is 14.4 Å². The number of piperidine rings is 1. The van der Waals surface area contributed by atoms with Crippen LogP contribution in [-0.4, -0.2) is 67.6 Å². The molecule has 0 aromatic heterocycles. The summed E-state index contributed by atoms with van der Waals surface area (Å²) in [6, 6.07) is 26.0. The van der Waals surface area contributed by atoms with Crippen LogP contribution in [0.25, 0.3) is 0 Å². The van der Waals surface area contributed by atoms with E-state index >= 15 is 0 Å². The Kier molecular flexibility index (Phi) is 10.6. The number of anilines is 1. The van der Waals surface area contributed by atoms with E-state index in [1.165, 1.54) is 0 Å². The second-order valence-electron chi connectivity index (χ2n) is 12.9. The van der Waals surface area contributed by atoms with Crippen LogP contribution in [0.1, 0.15) is 37.7 Å². The highest BCUT2D eigenvalue weighted by atomic mass is 16.5. The minimum atomic E-state index is -0.679. The molecule has 3 atom stereocenters. The van der Waals surface area contributed by atoms with E-state index in [2.05, 4.69) is 33.0 Å². The summed E-state index contributed by atoms with van der Waals surface area (Å²) in [6.07, 6.45) is 8.04. The van der Waals surface area contributed by atoms with Gasteiger partial charge in [0.2, 0.25) is 17.7 Å². The van der Waals surface area contributed by atoms with Crippen molar-refractivity contribution in [2.45, 2.75) is 50.6 Å². The normalized spacial score (nSPS) is 24.0. The van der Waals surface area contributed by atoms with Crippen LogP contribution in [0.3, 0.4) is 0 Å². The number of allylic oxidation sites excluding steroid dienone is 2. The van der Waals surface area contributed by atoms with E-state index < -0.39 is 11.5 Å². The number of hydrogen-bond donors (Lipinski definition) is 3. The van der Waals surface area contributed by atoms with Gasteiger partial charge in [0.05, 0.1) is 12.0 Å². The first-order chi connectivity index (χ1) is 23.0. The zero-order valence-corrected chi connectivity index (χ0v) is 26.7. The highest BCUT2D eigenvalue weighted by molar-refractivity contribution is 5.92. The summed E-state index contributed by atoms with van der Waals surface area (Å²) in [5.74, 6) is 1.27. The fraction of sp³-hybridized carbons (Fsp3) is 0.395. The SMILES string of the molecule is O=C(CN1CC[C@H]2NC(=O)[C@H](Cc3ccccc3)NC(=O)C3(C/C=C/C[C@H]2C1)CCOCC3)Nc1ccc(Oc2ccccc2)cc1. The highest BCUT2D eigenvalue weighted by Crippen LogP contribution is 2.36. The quantitative estimate of drug-likeness (QED) is 0.312. The smallest absolute Gasteiger partial charge is 0.243 e. The number of benzene rings is 3. The molecule has 246 valence electrons. The zero-order valence-electron chi connectivity index (χ0n) is 26.7. The average molecular weight is 637 g/mol. The minimum Gasteiger partial charge on any atom is -0.457 e. The number of nitrogens with one attached hydrogen (secondary N) is 3. The van der Waals surface area contributed by atoms with Gasteiger partial charge in [-0.3, -0.25) is 19.3 Å². The Labute approximate surface area is 276 Å². The fourth-order valence-electron chi connectivity index (χ4n) is 6.83. The van der Waals surface area contributed by atoms with Crippen LogP contribution in [0.4, 0.5) is 5.69 Å². The lowest BCUT2D eigenvalue weighted by Crippen LogP contribution is -2.58. The lowest BCUT2D eigenvalue weighted by atomic mass is 9.75. The summed E-state index contributed by atoms with van der Waals surface area (Å²) in [5.41, 5.74) is 1.11. The molecule has 3 heterocycles. The fourth-order valence-corrected chi connectivity index (χ4v) is 6.83. The topological polar surface area (TPSA) is 109 Å². The molecule has 3 aromatic carbocycles. The molecule has 3 aliphatic rings. The van der Waals surface area contributed by atoms with Crippen molar-refractivity contribution >= 4 is 23.4 Å². The molecule has 1 spiro atoms. The Balaban J connectivity index is 1.11. The molecular formula is C38H44N4O5. The van der Waals surface area contributed by atoms with Gasteiger partial charge in [0.1, 0.15) is 17.5 Å². The van der Waals surface area contributed by atoms with Gasteiger partial charge in [-0.05, 0) is 80.0 Å². The Hall–Kier alpha value is -4.47. The van der Waals surface area contributed by atoms with Crippen LogP contribution < -0.4 is 20.7 Å². The summed E-state index contributed by atoms with van der Waals surface area (Å²) in [5, 5.41) is 9.47. The predicted molar refractivity (Wildman–Crippen MR) is 181 cm³/mol. The maximum atomic E-state index is 13.8. The number of fused-ring (bicyclic) bond motifs is 1. The Bertz CT molecular complexity index is 1520. The van der Waals surface area contributed by atoms with Crippen LogP contribution >= 0.6 is 0 Å². The molecule has 2 fully saturated rings. The van der Waals surface area contributed by atoms with Gasteiger partial charge in [-0.15, -0.1) is 0 Å². The number of amides is 3. The molecule has 47 heavy (non-hydrogen) atoms. The van der Waals surface area contributed by atoms with E-state index in [1.807, 2.05) is 84.9 Å². The van der Waals surface area contributed by atoms with E-state index in [0.29, 0.717) is 63.4 Å². The first-order valence-electron chi connectivity index (χ1n) is 16.7. The lowest BCUT2D eigenvalue weighted by molar-refractivity contribution is -0.140. The summed E-state index contributed by atoms with van der Waals surface area (Å²) < 4.78 is 11.5. The molecular weight excluding hydrogens is 592 g/mol. The average Bonchev–Trinajstić information content (AvgIpc) is 3.09. The summed E-state index contributed by atoms with van der Waals surface area (Å²) >= 11 is 0. The summed E-state index contributed by atoms with van der Waals surface area (Å²) in [6.45, 7) is 2.69. The van der Waals surface area contributed by atoms with Gasteiger partial charge in [-0.2, -0.15) is 0 Å². The van der Waals surface area contributed by atoms with Gasteiger partial charge in [-0.25, -0.2) is 0 Å². The third kappa shape index (κ3) is 8.67. The number of carbonyl (C=O) groups excluding carboxylic acids is 3. The third-order valence-electron chi connectivity index (χ3n) is 9.58. The largest absolute Gasteiger partial charge is 0.457 e. The van der Waals surface area contributed by atoms with E-state index in [-0.39, 0.29) is 36.2 Å². The zero-order chi connectivity index (χ0) is 32.5. The second kappa shape index (κ2) is 15.4. The molecule has 3 amide bonds. The van der Waals surface area contributed by atoms with Gasteiger partial charge in [-0.1, -0.05) is 60.7 Å².